The van der Waals surface area contributed by atoms with Crippen LogP contribution in [0, 0.1) is 17.2 Å². The molecule has 1 amide bonds. The molecule has 16 heavy (non-hydrogen) atoms. The van der Waals surface area contributed by atoms with E-state index in [-0.39, 0.29) is 5.91 Å². The minimum absolute atomic E-state index is 0.183. The van der Waals surface area contributed by atoms with Crippen LogP contribution in [0.5, 0.6) is 0 Å². The molecule has 0 saturated carbocycles. The number of rotatable bonds is 5. The molecule has 86 valence electrons. The third kappa shape index (κ3) is 3.35. The maximum atomic E-state index is 11.9. The SMILES string of the molecule is CC(C)CN(CCC#N)C(=O)c1cn[nH]n1. The molecule has 6 nitrogen and oxygen atoms in total. The average molecular weight is 221 g/mol. The Kier molecular flexibility index (Phi) is 4.45. The van der Waals surface area contributed by atoms with Gasteiger partial charge in [0.1, 0.15) is 0 Å². The summed E-state index contributed by atoms with van der Waals surface area (Å²) >= 11 is 0. The Morgan fingerprint density at radius 1 is 1.69 bits per heavy atom. The Bertz CT molecular complexity index is 365. The van der Waals surface area contributed by atoms with E-state index < -0.39 is 0 Å². The quantitative estimate of drug-likeness (QED) is 0.797. The number of hydrogen-bond donors (Lipinski definition) is 1. The van der Waals surface area contributed by atoms with Gasteiger partial charge in [0.2, 0.25) is 0 Å². The number of aromatic amines is 1. The highest BCUT2D eigenvalue weighted by Crippen LogP contribution is 2.05. The molecule has 1 aromatic heterocycles. The Labute approximate surface area is 94.3 Å². The molecule has 0 atom stereocenters. The summed E-state index contributed by atoms with van der Waals surface area (Å²) in [6.45, 7) is 5.10. The molecule has 1 rings (SSSR count). The summed E-state index contributed by atoms with van der Waals surface area (Å²) in [5.41, 5.74) is 0.290. The lowest BCUT2D eigenvalue weighted by Gasteiger charge is -2.22. The Balaban J connectivity index is 2.68. The Hall–Kier alpha value is -1.90. The number of nitrogens with zero attached hydrogens (tertiary/aromatic N) is 4. The summed E-state index contributed by atoms with van der Waals surface area (Å²) in [4.78, 5) is 13.6. The highest BCUT2D eigenvalue weighted by atomic mass is 16.2. The lowest BCUT2D eigenvalue weighted by molar-refractivity contribution is 0.0734. The molecule has 0 radical (unpaired) electrons. The van der Waals surface area contributed by atoms with E-state index >= 15 is 0 Å². The van der Waals surface area contributed by atoms with Gasteiger partial charge >= 0.3 is 0 Å². The topological polar surface area (TPSA) is 85.7 Å². The van der Waals surface area contributed by atoms with Crippen LogP contribution in [0.15, 0.2) is 6.20 Å². The number of amides is 1. The fourth-order valence-corrected chi connectivity index (χ4v) is 1.37. The van der Waals surface area contributed by atoms with Gasteiger partial charge in [0.15, 0.2) is 5.69 Å². The summed E-state index contributed by atoms with van der Waals surface area (Å²) in [5, 5.41) is 18.3. The van der Waals surface area contributed by atoms with Gasteiger partial charge in [-0.15, -0.1) is 0 Å². The second kappa shape index (κ2) is 5.85. The van der Waals surface area contributed by atoms with Gasteiger partial charge < -0.3 is 4.90 Å². The normalized spacial score (nSPS) is 10.1. The van der Waals surface area contributed by atoms with E-state index in [2.05, 4.69) is 15.4 Å². The molecular formula is C10H15N5O. The first-order chi connectivity index (χ1) is 7.65. The minimum atomic E-state index is -0.183. The van der Waals surface area contributed by atoms with E-state index in [1.807, 2.05) is 19.9 Å². The van der Waals surface area contributed by atoms with Crippen molar-refractivity contribution < 1.29 is 4.79 Å². The van der Waals surface area contributed by atoms with Crippen molar-refractivity contribution in [1.29, 1.82) is 5.26 Å². The van der Waals surface area contributed by atoms with Crippen molar-refractivity contribution in [3.8, 4) is 6.07 Å². The minimum Gasteiger partial charge on any atom is -0.336 e. The number of carbonyl (C=O) groups excluding carboxylic acids is 1. The monoisotopic (exact) mass is 221 g/mol. The molecule has 0 aliphatic heterocycles. The predicted molar refractivity (Wildman–Crippen MR) is 57.4 cm³/mol. The highest BCUT2D eigenvalue weighted by molar-refractivity contribution is 5.91. The number of hydrogen-bond acceptors (Lipinski definition) is 4. The van der Waals surface area contributed by atoms with E-state index in [9.17, 15) is 4.79 Å². The zero-order valence-electron chi connectivity index (χ0n) is 9.47. The van der Waals surface area contributed by atoms with E-state index in [0.717, 1.165) is 0 Å². The second-order valence-corrected chi connectivity index (χ2v) is 3.91. The maximum Gasteiger partial charge on any atom is 0.276 e. The van der Waals surface area contributed by atoms with Crippen LogP contribution in [0.25, 0.3) is 0 Å². The molecule has 1 N–H and O–H groups in total. The highest BCUT2D eigenvalue weighted by Gasteiger charge is 2.18. The van der Waals surface area contributed by atoms with Crippen LogP contribution >= 0.6 is 0 Å². The number of nitriles is 1. The van der Waals surface area contributed by atoms with E-state index in [4.69, 9.17) is 5.26 Å². The van der Waals surface area contributed by atoms with E-state index in [1.165, 1.54) is 6.20 Å². The Morgan fingerprint density at radius 3 is 2.94 bits per heavy atom. The standard InChI is InChI=1S/C10H15N5O/c1-8(2)7-15(5-3-4-11)10(16)9-6-12-14-13-9/h6,8H,3,5,7H2,1-2H3,(H,12,13,14). The average Bonchev–Trinajstić information content (AvgIpc) is 2.76. The molecule has 0 fully saturated rings. The van der Waals surface area contributed by atoms with Crippen molar-refractivity contribution in [1.82, 2.24) is 20.3 Å². The molecule has 0 bridgehead atoms. The van der Waals surface area contributed by atoms with Crippen LogP contribution in [0.1, 0.15) is 30.8 Å². The third-order valence-corrected chi connectivity index (χ3v) is 2.00. The molecule has 0 saturated heterocycles. The first-order valence-corrected chi connectivity index (χ1v) is 5.17. The van der Waals surface area contributed by atoms with Crippen LogP contribution in [0.3, 0.4) is 0 Å². The molecule has 0 aliphatic rings. The van der Waals surface area contributed by atoms with Gasteiger partial charge in [-0.2, -0.15) is 20.7 Å². The van der Waals surface area contributed by atoms with Crippen molar-refractivity contribution in [3.05, 3.63) is 11.9 Å². The summed E-state index contributed by atoms with van der Waals surface area (Å²) in [6, 6.07) is 2.03. The summed E-state index contributed by atoms with van der Waals surface area (Å²) in [7, 11) is 0. The van der Waals surface area contributed by atoms with E-state index in [0.29, 0.717) is 31.1 Å². The van der Waals surface area contributed by atoms with Crippen LogP contribution < -0.4 is 0 Å². The molecule has 0 spiro atoms. The molecule has 6 heteroatoms. The lowest BCUT2D eigenvalue weighted by Crippen LogP contribution is -2.35. The van der Waals surface area contributed by atoms with Gasteiger partial charge in [0.05, 0.1) is 18.7 Å². The number of aromatic nitrogens is 3. The number of carbonyl (C=O) groups is 1. The van der Waals surface area contributed by atoms with Crippen molar-refractivity contribution in [2.75, 3.05) is 13.1 Å². The van der Waals surface area contributed by atoms with Crippen LogP contribution in [-0.2, 0) is 0 Å². The number of nitrogens with one attached hydrogen (secondary N) is 1. The lowest BCUT2D eigenvalue weighted by atomic mass is 10.2. The first-order valence-electron chi connectivity index (χ1n) is 5.17. The van der Waals surface area contributed by atoms with Gasteiger partial charge in [-0.05, 0) is 5.92 Å². The fourth-order valence-electron chi connectivity index (χ4n) is 1.37. The maximum absolute atomic E-state index is 11.9. The van der Waals surface area contributed by atoms with Gasteiger partial charge in [0.25, 0.3) is 5.91 Å². The first kappa shape index (κ1) is 12.2. The molecule has 1 aromatic rings. The third-order valence-electron chi connectivity index (χ3n) is 2.00. The smallest absolute Gasteiger partial charge is 0.276 e. The largest absolute Gasteiger partial charge is 0.336 e. The zero-order valence-corrected chi connectivity index (χ0v) is 9.47. The molecule has 0 unspecified atom stereocenters. The van der Waals surface area contributed by atoms with Crippen LogP contribution in [-0.4, -0.2) is 39.3 Å². The molecule has 0 aromatic carbocycles. The molecule has 0 aliphatic carbocycles. The summed E-state index contributed by atoms with van der Waals surface area (Å²) in [5.74, 6) is 0.173. The van der Waals surface area contributed by atoms with E-state index in [1.54, 1.807) is 4.90 Å². The van der Waals surface area contributed by atoms with Crippen molar-refractivity contribution in [2.24, 2.45) is 5.92 Å². The summed E-state index contributed by atoms with van der Waals surface area (Å²) < 4.78 is 0. The fraction of sp³-hybridized carbons (Fsp3) is 0.600. The summed E-state index contributed by atoms with van der Waals surface area (Å²) in [6.07, 6.45) is 1.72. The predicted octanol–water partition coefficient (Wildman–Crippen LogP) is 0.817. The van der Waals surface area contributed by atoms with Crippen molar-refractivity contribution >= 4 is 5.91 Å². The van der Waals surface area contributed by atoms with Crippen LogP contribution in [0.4, 0.5) is 0 Å². The van der Waals surface area contributed by atoms with Crippen LogP contribution in [0.2, 0.25) is 0 Å². The van der Waals surface area contributed by atoms with Gasteiger partial charge in [-0.25, -0.2) is 0 Å². The Morgan fingerprint density at radius 2 is 2.44 bits per heavy atom. The zero-order chi connectivity index (χ0) is 12.0. The van der Waals surface area contributed by atoms with Gasteiger partial charge in [0, 0.05) is 13.1 Å². The molecular weight excluding hydrogens is 206 g/mol. The number of H-pyrrole nitrogens is 1. The van der Waals surface area contributed by atoms with Crippen molar-refractivity contribution in [2.45, 2.75) is 20.3 Å². The van der Waals surface area contributed by atoms with Crippen molar-refractivity contribution in [3.63, 3.8) is 0 Å². The van der Waals surface area contributed by atoms with Gasteiger partial charge in [-0.1, -0.05) is 13.8 Å². The molecule has 1 heterocycles. The van der Waals surface area contributed by atoms with Gasteiger partial charge in [-0.3, -0.25) is 4.79 Å². The second-order valence-electron chi connectivity index (χ2n) is 3.91.